The molecule has 19 heavy (non-hydrogen) atoms. The quantitative estimate of drug-likeness (QED) is 0.902. The highest BCUT2D eigenvalue weighted by molar-refractivity contribution is 5.79. The molecule has 1 saturated heterocycles. The van der Waals surface area contributed by atoms with Crippen molar-refractivity contribution < 1.29 is 4.79 Å². The average Bonchev–Trinajstić information content (AvgIpc) is 2.49. The Morgan fingerprint density at radius 2 is 2.00 bits per heavy atom. The number of amides is 1. The van der Waals surface area contributed by atoms with Crippen LogP contribution in [0.5, 0.6) is 0 Å². The van der Waals surface area contributed by atoms with Crippen LogP contribution < -0.4 is 5.32 Å². The maximum Gasteiger partial charge on any atom is 0.225 e. The monoisotopic (exact) mass is 260 g/mol. The lowest BCUT2D eigenvalue weighted by Crippen LogP contribution is -2.49. The van der Waals surface area contributed by atoms with Crippen LogP contribution in [-0.2, 0) is 4.79 Å². The molecule has 1 aliphatic heterocycles. The van der Waals surface area contributed by atoms with E-state index in [4.69, 9.17) is 0 Å². The summed E-state index contributed by atoms with van der Waals surface area (Å²) in [6, 6.07) is 10.7. The molecule has 0 bridgehead atoms. The molecule has 0 aromatic heterocycles. The molecule has 0 spiro atoms. The normalized spacial score (nSPS) is 19.7. The number of nitrogens with one attached hydrogen (secondary N) is 1. The van der Waals surface area contributed by atoms with Crippen LogP contribution in [-0.4, -0.2) is 30.4 Å². The third kappa shape index (κ3) is 3.35. The van der Waals surface area contributed by atoms with Gasteiger partial charge in [0.1, 0.15) is 0 Å². The van der Waals surface area contributed by atoms with Gasteiger partial charge in [0.2, 0.25) is 5.91 Å². The van der Waals surface area contributed by atoms with Gasteiger partial charge >= 0.3 is 0 Å². The topological polar surface area (TPSA) is 32.3 Å². The van der Waals surface area contributed by atoms with Crippen LogP contribution in [0.4, 0.5) is 0 Å². The van der Waals surface area contributed by atoms with Gasteiger partial charge in [-0.3, -0.25) is 4.79 Å². The van der Waals surface area contributed by atoms with E-state index in [1.165, 1.54) is 5.56 Å². The van der Waals surface area contributed by atoms with Crippen LogP contribution in [0.3, 0.4) is 0 Å². The van der Waals surface area contributed by atoms with Crippen molar-refractivity contribution in [2.24, 2.45) is 5.92 Å². The maximum atomic E-state index is 12.4. The van der Waals surface area contributed by atoms with E-state index in [1.807, 2.05) is 11.0 Å². The van der Waals surface area contributed by atoms with E-state index < -0.39 is 0 Å². The summed E-state index contributed by atoms with van der Waals surface area (Å²) in [5, 5.41) is 3.50. The fraction of sp³-hybridized carbons (Fsp3) is 0.562. The minimum absolute atomic E-state index is 0.189. The first-order valence-electron chi connectivity index (χ1n) is 7.33. The number of hydrogen-bond acceptors (Lipinski definition) is 2. The van der Waals surface area contributed by atoms with E-state index in [0.717, 1.165) is 32.5 Å². The molecule has 3 heteroatoms. The Balaban J connectivity index is 2.03. The predicted octanol–water partition coefficient (Wildman–Crippen LogP) is 2.60. The zero-order valence-corrected chi connectivity index (χ0v) is 11.9. The van der Waals surface area contributed by atoms with E-state index in [0.29, 0.717) is 5.91 Å². The van der Waals surface area contributed by atoms with Crippen LogP contribution in [0.1, 0.15) is 38.3 Å². The van der Waals surface area contributed by atoms with Crippen molar-refractivity contribution in [1.29, 1.82) is 0 Å². The highest BCUT2D eigenvalue weighted by Gasteiger charge is 2.27. The van der Waals surface area contributed by atoms with Gasteiger partial charge in [-0.2, -0.15) is 0 Å². The number of hydrogen-bond donors (Lipinski definition) is 1. The van der Waals surface area contributed by atoms with Crippen molar-refractivity contribution >= 4 is 5.91 Å². The summed E-state index contributed by atoms with van der Waals surface area (Å²) in [5.74, 6) is 0.516. The Morgan fingerprint density at radius 1 is 1.32 bits per heavy atom. The Hall–Kier alpha value is -1.35. The van der Waals surface area contributed by atoms with Crippen LogP contribution in [0.2, 0.25) is 0 Å². The fourth-order valence-electron chi connectivity index (χ4n) is 2.75. The van der Waals surface area contributed by atoms with Crippen LogP contribution in [0.15, 0.2) is 30.3 Å². The summed E-state index contributed by atoms with van der Waals surface area (Å²) in [6.45, 7) is 6.70. The third-order valence-electron chi connectivity index (χ3n) is 4.02. The molecule has 3 nitrogen and oxygen atoms in total. The van der Waals surface area contributed by atoms with Crippen LogP contribution >= 0.6 is 0 Å². The number of piperazine rings is 1. The van der Waals surface area contributed by atoms with Crippen molar-refractivity contribution in [2.75, 3.05) is 19.6 Å². The molecule has 1 aromatic carbocycles. The van der Waals surface area contributed by atoms with Gasteiger partial charge in [-0.25, -0.2) is 0 Å². The predicted molar refractivity (Wildman–Crippen MR) is 77.8 cm³/mol. The molecule has 1 atom stereocenters. The number of carbonyl (C=O) groups excluding carboxylic acids is 1. The summed E-state index contributed by atoms with van der Waals surface area (Å²) in [6.07, 6.45) is 1.88. The Labute approximate surface area is 116 Å². The molecule has 1 aromatic rings. The van der Waals surface area contributed by atoms with Gasteiger partial charge in [-0.15, -0.1) is 0 Å². The average molecular weight is 260 g/mol. The summed E-state index contributed by atoms with van der Waals surface area (Å²) >= 11 is 0. The van der Waals surface area contributed by atoms with Crippen LogP contribution in [0.25, 0.3) is 0 Å². The second kappa shape index (κ2) is 6.71. The van der Waals surface area contributed by atoms with E-state index in [9.17, 15) is 4.79 Å². The minimum atomic E-state index is 0.189. The lowest BCUT2D eigenvalue weighted by Gasteiger charge is -2.35. The van der Waals surface area contributed by atoms with Crippen molar-refractivity contribution in [2.45, 2.75) is 32.7 Å². The van der Waals surface area contributed by atoms with Crippen molar-refractivity contribution in [3.05, 3.63) is 35.9 Å². The number of benzene rings is 1. The number of nitrogens with zero attached hydrogens (tertiary/aromatic N) is 1. The molecule has 0 radical (unpaired) electrons. The van der Waals surface area contributed by atoms with Crippen molar-refractivity contribution in [3.63, 3.8) is 0 Å². The summed E-state index contributed by atoms with van der Waals surface area (Å²) in [4.78, 5) is 14.5. The molecule has 1 N–H and O–H groups in total. The largest absolute Gasteiger partial charge is 0.339 e. The van der Waals surface area contributed by atoms with Crippen molar-refractivity contribution in [1.82, 2.24) is 10.2 Å². The van der Waals surface area contributed by atoms with Gasteiger partial charge in [-0.1, -0.05) is 44.2 Å². The maximum absolute atomic E-state index is 12.4. The van der Waals surface area contributed by atoms with Crippen molar-refractivity contribution in [3.8, 4) is 0 Å². The molecule has 104 valence electrons. The van der Waals surface area contributed by atoms with E-state index in [-0.39, 0.29) is 12.0 Å². The molecule has 1 unspecified atom stereocenters. The van der Waals surface area contributed by atoms with Gasteiger partial charge in [-0.05, 0) is 18.4 Å². The van der Waals surface area contributed by atoms with Gasteiger partial charge in [0, 0.05) is 31.6 Å². The van der Waals surface area contributed by atoms with E-state index >= 15 is 0 Å². The lowest BCUT2D eigenvalue weighted by atomic mass is 9.99. The van der Waals surface area contributed by atoms with Gasteiger partial charge < -0.3 is 10.2 Å². The molecule has 0 aliphatic carbocycles. The second-order valence-electron chi connectivity index (χ2n) is 5.22. The summed E-state index contributed by atoms with van der Waals surface area (Å²) < 4.78 is 0. The number of rotatable bonds is 4. The van der Waals surface area contributed by atoms with E-state index in [2.05, 4.69) is 43.4 Å². The lowest BCUT2D eigenvalue weighted by molar-refractivity contribution is -0.137. The highest BCUT2D eigenvalue weighted by atomic mass is 16.2. The molecule has 1 aliphatic rings. The highest BCUT2D eigenvalue weighted by Crippen LogP contribution is 2.20. The molecular weight excluding hydrogens is 236 g/mol. The minimum Gasteiger partial charge on any atom is -0.339 e. The molecule has 0 saturated carbocycles. The Bertz CT molecular complexity index is 400. The molecule has 2 rings (SSSR count). The van der Waals surface area contributed by atoms with E-state index in [1.54, 1.807) is 0 Å². The Morgan fingerprint density at radius 3 is 2.63 bits per heavy atom. The number of carbonyl (C=O) groups is 1. The third-order valence-corrected chi connectivity index (χ3v) is 4.02. The summed E-state index contributed by atoms with van der Waals surface area (Å²) in [5.41, 5.74) is 1.27. The van der Waals surface area contributed by atoms with Crippen LogP contribution in [0, 0.1) is 5.92 Å². The molecule has 1 heterocycles. The Kier molecular flexibility index (Phi) is 4.97. The zero-order chi connectivity index (χ0) is 13.7. The standard InChI is InChI=1S/C16H24N2O/c1-3-13(4-2)16(19)18-11-10-17-15(12-18)14-8-6-5-7-9-14/h5-9,13,15,17H,3-4,10-12H2,1-2H3. The molecule has 1 fully saturated rings. The first-order chi connectivity index (χ1) is 9.26. The second-order valence-corrected chi connectivity index (χ2v) is 5.22. The summed E-state index contributed by atoms with van der Waals surface area (Å²) in [7, 11) is 0. The smallest absolute Gasteiger partial charge is 0.225 e. The first-order valence-corrected chi connectivity index (χ1v) is 7.33. The van der Waals surface area contributed by atoms with Gasteiger partial charge in [0.15, 0.2) is 0 Å². The SMILES string of the molecule is CCC(CC)C(=O)N1CCNC(c2ccccc2)C1. The zero-order valence-electron chi connectivity index (χ0n) is 11.9. The fourth-order valence-corrected chi connectivity index (χ4v) is 2.75. The molecule has 1 amide bonds. The van der Waals surface area contributed by atoms with Gasteiger partial charge in [0.25, 0.3) is 0 Å². The first kappa shape index (κ1) is 14.1. The van der Waals surface area contributed by atoms with Gasteiger partial charge in [0.05, 0.1) is 0 Å². The molecular formula is C16H24N2O.